The average Bonchev–Trinajstić information content (AvgIpc) is 2.38. The van der Waals surface area contributed by atoms with Gasteiger partial charge >= 0.3 is 11.9 Å². The number of carboxylic acids is 2. The zero-order valence-electron chi connectivity index (χ0n) is 11.0. The van der Waals surface area contributed by atoms with Gasteiger partial charge in [0.25, 0.3) is 0 Å². The monoisotopic (exact) mass is 265 g/mol. The van der Waals surface area contributed by atoms with Gasteiger partial charge in [0.2, 0.25) is 0 Å². The van der Waals surface area contributed by atoms with Crippen LogP contribution in [-0.2, 0) is 16.0 Å². The lowest BCUT2D eigenvalue weighted by Gasteiger charge is -2.08. The van der Waals surface area contributed by atoms with Gasteiger partial charge in [0.1, 0.15) is 0 Å². The lowest BCUT2D eigenvalue weighted by molar-refractivity contribution is -0.134. The van der Waals surface area contributed by atoms with Gasteiger partial charge in [0.05, 0.1) is 0 Å². The summed E-state index contributed by atoms with van der Waals surface area (Å²) in [5.74, 6) is -2.51. The van der Waals surface area contributed by atoms with Gasteiger partial charge in [-0.3, -0.25) is 0 Å². The van der Waals surface area contributed by atoms with Crippen molar-refractivity contribution >= 4 is 11.9 Å². The second-order valence-corrected chi connectivity index (χ2v) is 3.89. The third-order valence-electron chi connectivity index (χ3n) is 2.25. The molecule has 0 fully saturated rings. The maximum absolute atomic E-state index is 9.55. The summed E-state index contributed by atoms with van der Waals surface area (Å²) in [7, 11) is 1.99. The molecule has 1 atom stereocenters. The SMILES string of the molecule is CNC(C)Cc1ccccc1.O=C(O)/C=C/C(=O)O. The Morgan fingerprint density at radius 3 is 2.00 bits per heavy atom. The predicted molar refractivity (Wildman–Crippen MR) is 73.1 cm³/mol. The molecule has 1 rings (SSSR count). The zero-order chi connectivity index (χ0) is 14.7. The molecule has 3 N–H and O–H groups in total. The maximum Gasteiger partial charge on any atom is 0.328 e. The Morgan fingerprint density at radius 1 is 1.16 bits per heavy atom. The number of benzene rings is 1. The Balaban J connectivity index is 0.000000362. The molecule has 0 aromatic heterocycles. The zero-order valence-corrected chi connectivity index (χ0v) is 11.0. The van der Waals surface area contributed by atoms with Crippen LogP contribution in [0.4, 0.5) is 0 Å². The number of carboxylic acid groups (broad SMARTS) is 2. The van der Waals surface area contributed by atoms with Gasteiger partial charge in [0.15, 0.2) is 0 Å². The van der Waals surface area contributed by atoms with Gasteiger partial charge in [-0.1, -0.05) is 30.3 Å². The Morgan fingerprint density at radius 2 is 1.63 bits per heavy atom. The molecule has 0 radical (unpaired) electrons. The van der Waals surface area contributed by atoms with E-state index in [9.17, 15) is 9.59 Å². The fourth-order valence-electron chi connectivity index (χ4n) is 1.21. The molecule has 0 amide bonds. The van der Waals surface area contributed by atoms with Crippen LogP contribution in [0.2, 0.25) is 0 Å². The van der Waals surface area contributed by atoms with Crippen molar-refractivity contribution in [2.24, 2.45) is 0 Å². The van der Waals surface area contributed by atoms with E-state index >= 15 is 0 Å². The molecule has 5 nitrogen and oxygen atoms in total. The van der Waals surface area contributed by atoms with Crippen LogP contribution in [0.15, 0.2) is 42.5 Å². The van der Waals surface area contributed by atoms with Crippen molar-refractivity contribution in [3.8, 4) is 0 Å². The van der Waals surface area contributed by atoms with Crippen LogP contribution in [0, 0.1) is 0 Å². The molecule has 104 valence electrons. The van der Waals surface area contributed by atoms with Crippen LogP contribution < -0.4 is 5.32 Å². The van der Waals surface area contributed by atoms with Crippen molar-refractivity contribution in [3.63, 3.8) is 0 Å². The van der Waals surface area contributed by atoms with Crippen molar-refractivity contribution in [2.75, 3.05) is 7.05 Å². The summed E-state index contributed by atoms with van der Waals surface area (Å²) in [6, 6.07) is 11.1. The van der Waals surface area contributed by atoms with E-state index in [1.807, 2.05) is 13.1 Å². The number of likely N-dealkylation sites (N-methyl/N-ethyl adjacent to an activating group) is 1. The third kappa shape index (κ3) is 10.7. The van der Waals surface area contributed by atoms with E-state index in [4.69, 9.17) is 10.2 Å². The molecule has 1 unspecified atom stereocenters. The van der Waals surface area contributed by atoms with Gasteiger partial charge in [-0.05, 0) is 26.0 Å². The number of rotatable bonds is 5. The van der Waals surface area contributed by atoms with Gasteiger partial charge < -0.3 is 15.5 Å². The highest BCUT2D eigenvalue weighted by atomic mass is 16.4. The van der Waals surface area contributed by atoms with Crippen molar-refractivity contribution in [3.05, 3.63) is 48.0 Å². The van der Waals surface area contributed by atoms with Gasteiger partial charge in [0, 0.05) is 18.2 Å². The fourth-order valence-corrected chi connectivity index (χ4v) is 1.21. The summed E-state index contributed by atoms with van der Waals surface area (Å²) in [6.07, 6.45) is 2.22. The van der Waals surface area contributed by atoms with Gasteiger partial charge in [-0.15, -0.1) is 0 Å². The standard InChI is InChI=1S/C10H15N.C4H4O4/c1-9(11-2)8-10-6-4-3-5-7-10;5-3(6)1-2-4(7)8/h3-7,9,11H,8H2,1-2H3;1-2H,(H,5,6)(H,7,8)/b;2-1+. The fraction of sp³-hybridized carbons (Fsp3) is 0.286. The van der Waals surface area contributed by atoms with E-state index in [2.05, 4.69) is 36.5 Å². The highest BCUT2D eigenvalue weighted by Gasteiger charge is 1.97. The summed E-state index contributed by atoms with van der Waals surface area (Å²) >= 11 is 0. The second-order valence-electron chi connectivity index (χ2n) is 3.89. The lowest BCUT2D eigenvalue weighted by atomic mass is 10.1. The first-order valence-corrected chi connectivity index (χ1v) is 5.80. The summed E-state index contributed by atoms with van der Waals surface area (Å²) in [4.78, 5) is 19.1. The largest absolute Gasteiger partial charge is 0.478 e. The first-order valence-electron chi connectivity index (χ1n) is 5.80. The predicted octanol–water partition coefficient (Wildman–Crippen LogP) is 1.55. The number of hydrogen-bond donors (Lipinski definition) is 3. The average molecular weight is 265 g/mol. The molecular weight excluding hydrogens is 246 g/mol. The Labute approximate surface area is 112 Å². The maximum atomic E-state index is 9.55. The van der Waals surface area contributed by atoms with Crippen LogP contribution in [0.3, 0.4) is 0 Å². The van der Waals surface area contributed by atoms with E-state index in [1.54, 1.807) is 0 Å². The van der Waals surface area contributed by atoms with Gasteiger partial charge in [-0.2, -0.15) is 0 Å². The normalized spacial score (nSPS) is 11.5. The molecular formula is C14H19NO4. The molecule has 0 heterocycles. The van der Waals surface area contributed by atoms with E-state index in [1.165, 1.54) is 5.56 Å². The minimum absolute atomic E-state index is 0.558. The van der Waals surface area contributed by atoms with E-state index < -0.39 is 11.9 Å². The number of nitrogens with one attached hydrogen (secondary N) is 1. The Hall–Kier alpha value is -2.14. The molecule has 0 bridgehead atoms. The molecule has 1 aromatic carbocycles. The summed E-state index contributed by atoms with van der Waals surface area (Å²) in [6.45, 7) is 2.19. The molecule has 0 saturated carbocycles. The quantitative estimate of drug-likeness (QED) is 0.703. The number of aliphatic carboxylic acids is 2. The minimum Gasteiger partial charge on any atom is -0.478 e. The Kier molecular flexibility index (Phi) is 8.74. The molecule has 0 aliphatic rings. The van der Waals surface area contributed by atoms with Crippen LogP contribution in [-0.4, -0.2) is 35.2 Å². The molecule has 5 heteroatoms. The van der Waals surface area contributed by atoms with Crippen molar-refractivity contribution in [2.45, 2.75) is 19.4 Å². The molecule has 0 aliphatic carbocycles. The summed E-state index contributed by atoms with van der Waals surface area (Å²) < 4.78 is 0. The molecule has 0 spiro atoms. The lowest BCUT2D eigenvalue weighted by Crippen LogP contribution is -2.23. The van der Waals surface area contributed by atoms with Gasteiger partial charge in [-0.25, -0.2) is 9.59 Å². The summed E-state index contributed by atoms with van der Waals surface area (Å²) in [5, 5.41) is 18.8. The van der Waals surface area contributed by atoms with Crippen molar-refractivity contribution in [1.82, 2.24) is 5.32 Å². The van der Waals surface area contributed by atoms with Crippen molar-refractivity contribution in [1.29, 1.82) is 0 Å². The highest BCUT2D eigenvalue weighted by Crippen LogP contribution is 2.01. The Bertz CT molecular complexity index is 399. The van der Waals surface area contributed by atoms with E-state index in [-0.39, 0.29) is 0 Å². The number of hydrogen-bond acceptors (Lipinski definition) is 3. The van der Waals surface area contributed by atoms with Crippen LogP contribution in [0.25, 0.3) is 0 Å². The van der Waals surface area contributed by atoms with Crippen molar-refractivity contribution < 1.29 is 19.8 Å². The first kappa shape index (κ1) is 16.9. The molecule has 0 saturated heterocycles. The smallest absolute Gasteiger partial charge is 0.328 e. The first-order chi connectivity index (χ1) is 8.95. The second kappa shape index (κ2) is 9.85. The van der Waals surface area contributed by atoms with E-state index in [0.29, 0.717) is 18.2 Å². The molecule has 1 aromatic rings. The van der Waals surface area contributed by atoms with Crippen LogP contribution >= 0.6 is 0 Å². The topological polar surface area (TPSA) is 86.6 Å². The minimum atomic E-state index is -1.26. The van der Waals surface area contributed by atoms with E-state index in [0.717, 1.165) is 6.42 Å². The van der Waals surface area contributed by atoms with Crippen LogP contribution in [0.5, 0.6) is 0 Å². The third-order valence-corrected chi connectivity index (χ3v) is 2.25. The molecule has 0 aliphatic heterocycles. The summed E-state index contributed by atoms with van der Waals surface area (Å²) in [5.41, 5.74) is 1.40. The number of carbonyl (C=O) groups is 2. The van der Waals surface area contributed by atoms with Crippen LogP contribution in [0.1, 0.15) is 12.5 Å². The highest BCUT2D eigenvalue weighted by molar-refractivity contribution is 5.89. The molecule has 19 heavy (non-hydrogen) atoms.